The van der Waals surface area contributed by atoms with Crippen LogP contribution in [0, 0.1) is 0 Å². The predicted octanol–water partition coefficient (Wildman–Crippen LogP) is 3.05. The molecule has 6 heteroatoms. The van der Waals surface area contributed by atoms with Gasteiger partial charge in [-0.25, -0.2) is 4.79 Å². The minimum absolute atomic E-state index is 0.0823. The Hall–Kier alpha value is -2.89. The van der Waals surface area contributed by atoms with E-state index in [1.165, 1.54) is 19.2 Å². The van der Waals surface area contributed by atoms with Crippen LogP contribution in [0.25, 0.3) is 0 Å². The Morgan fingerprint density at radius 2 is 1.62 bits per heavy atom. The number of nitrogens with one attached hydrogen (secondary N) is 2. The van der Waals surface area contributed by atoms with Gasteiger partial charge in [0.1, 0.15) is 5.75 Å². The van der Waals surface area contributed by atoms with E-state index in [2.05, 4.69) is 10.6 Å². The normalized spacial score (nSPS) is 9.81. The summed E-state index contributed by atoms with van der Waals surface area (Å²) < 4.78 is 10.3. The largest absolute Gasteiger partial charge is 0.508 e. The van der Waals surface area contributed by atoms with Crippen molar-refractivity contribution >= 4 is 17.4 Å². The average Bonchev–Trinajstić information content (AvgIpc) is 2.47. The maximum absolute atomic E-state index is 11.9. The number of rotatable bonds is 4. The third kappa shape index (κ3) is 3.79. The van der Waals surface area contributed by atoms with Gasteiger partial charge in [0.2, 0.25) is 0 Å². The Labute approximate surface area is 122 Å². The predicted molar refractivity (Wildman–Crippen MR) is 80.3 cm³/mol. The van der Waals surface area contributed by atoms with Crippen molar-refractivity contribution in [2.75, 3.05) is 24.9 Å². The second-order valence-corrected chi connectivity index (χ2v) is 4.20. The zero-order valence-corrected chi connectivity index (χ0v) is 11.7. The van der Waals surface area contributed by atoms with Gasteiger partial charge in [-0.2, -0.15) is 0 Å². The lowest BCUT2D eigenvalue weighted by Gasteiger charge is -2.11. The first-order chi connectivity index (χ1) is 10.1. The second-order valence-electron chi connectivity index (χ2n) is 4.20. The van der Waals surface area contributed by atoms with Gasteiger partial charge in [0.15, 0.2) is 11.5 Å². The van der Waals surface area contributed by atoms with E-state index in [9.17, 15) is 9.90 Å². The zero-order chi connectivity index (χ0) is 15.2. The molecule has 0 radical (unpaired) electrons. The van der Waals surface area contributed by atoms with E-state index in [0.29, 0.717) is 22.9 Å². The maximum Gasteiger partial charge on any atom is 0.323 e. The molecular weight excluding hydrogens is 272 g/mol. The third-order valence-electron chi connectivity index (χ3n) is 2.75. The first-order valence-electron chi connectivity index (χ1n) is 6.21. The highest BCUT2D eigenvalue weighted by atomic mass is 16.5. The number of anilines is 2. The Morgan fingerprint density at radius 3 is 2.24 bits per heavy atom. The average molecular weight is 288 g/mol. The van der Waals surface area contributed by atoms with E-state index >= 15 is 0 Å². The smallest absolute Gasteiger partial charge is 0.323 e. The van der Waals surface area contributed by atoms with Crippen molar-refractivity contribution in [3.05, 3.63) is 42.5 Å². The monoisotopic (exact) mass is 288 g/mol. The SMILES string of the molecule is COc1ccc(NC(=O)Nc2cccc(O)c2)cc1OC. The fourth-order valence-corrected chi connectivity index (χ4v) is 1.79. The van der Waals surface area contributed by atoms with E-state index in [4.69, 9.17) is 9.47 Å². The number of hydrogen-bond donors (Lipinski definition) is 3. The van der Waals surface area contributed by atoms with Crippen LogP contribution in [0.1, 0.15) is 0 Å². The lowest BCUT2D eigenvalue weighted by atomic mass is 10.2. The van der Waals surface area contributed by atoms with Gasteiger partial charge in [0.05, 0.1) is 14.2 Å². The number of methoxy groups -OCH3 is 2. The number of carbonyl (C=O) groups is 1. The van der Waals surface area contributed by atoms with Crippen molar-refractivity contribution in [1.82, 2.24) is 0 Å². The van der Waals surface area contributed by atoms with E-state index in [1.807, 2.05) is 0 Å². The molecule has 0 saturated carbocycles. The first kappa shape index (κ1) is 14.5. The van der Waals surface area contributed by atoms with Crippen LogP contribution in [0.4, 0.5) is 16.2 Å². The molecule has 0 aliphatic carbocycles. The number of hydrogen-bond acceptors (Lipinski definition) is 4. The number of urea groups is 1. The van der Waals surface area contributed by atoms with Gasteiger partial charge in [0, 0.05) is 23.5 Å². The van der Waals surface area contributed by atoms with Crippen molar-refractivity contribution in [2.45, 2.75) is 0 Å². The fraction of sp³-hybridized carbons (Fsp3) is 0.133. The number of phenols is 1. The van der Waals surface area contributed by atoms with Gasteiger partial charge in [-0.15, -0.1) is 0 Å². The van der Waals surface area contributed by atoms with Crippen molar-refractivity contribution in [2.24, 2.45) is 0 Å². The molecule has 0 heterocycles. The summed E-state index contributed by atoms with van der Waals surface area (Å²) >= 11 is 0. The fourth-order valence-electron chi connectivity index (χ4n) is 1.79. The van der Waals surface area contributed by atoms with Crippen molar-refractivity contribution < 1.29 is 19.4 Å². The third-order valence-corrected chi connectivity index (χ3v) is 2.75. The summed E-state index contributed by atoms with van der Waals surface area (Å²) in [7, 11) is 3.06. The highest BCUT2D eigenvalue weighted by Crippen LogP contribution is 2.29. The second kappa shape index (κ2) is 6.51. The number of benzene rings is 2. The molecule has 2 rings (SSSR count). The molecule has 2 aromatic carbocycles. The Bertz CT molecular complexity index is 643. The van der Waals surface area contributed by atoms with Crippen molar-refractivity contribution in [3.63, 3.8) is 0 Å². The molecule has 2 amide bonds. The summed E-state index contributed by atoms with van der Waals surface area (Å²) in [5.74, 6) is 1.18. The van der Waals surface area contributed by atoms with Crippen LogP contribution in [-0.4, -0.2) is 25.4 Å². The summed E-state index contributed by atoms with van der Waals surface area (Å²) in [4.78, 5) is 11.9. The number of aromatic hydroxyl groups is 1. The topological polar surface area (TPSA) is 79.8 Å². The minimum atomic E-state index is -0.423. The summed E-state index contributed by atoms with van der Waals surface area (Å²) in [6.45, 7) is 0. The Balaban J connectivity index is 2.06. The molecule has 6 nitrogen and oxygen atoms in total. The zero-order valence-electron chi connectivity index (χ0n) is 11.7. The molecule has 0 bridgehead atoms. The Morgan fingerprint density at radius 1 is 0.952 bits per heavy atom. The van der Waals surface area contributed by atoms with E-state index in [-0.39, 0.29) is 5.75 Å². The molecule has 0 spiro atoms. The molecule has 0 aromatic heterocycles. The molecule has 0 saturated heterocycles. The molecule has 0 atom stereocenters. The van der Waals surface area contributed by atoms with Gasteiger partial charge < -0.3 is 25.2 Å². The van der Waals surface area contributed by atoms with Crippen LogP contribution >= 0.6 is 0 Å². The van der Waals surface area contributed by atoms with Gasteiger partial charge in [-0.05, 0) is 24.3 Å². The Kier molecular flexibility index (Phi) is 4.50. The van der Waals surface area contributed by atoms with Crippen molar-refractivity contribution in [1.29, 1.82) is 0 Å². The summed E-state index contributed by atoms with van der Waals surface area (Å²) in [5.41, 5.74) is 1.05. The molecular formula is C15H16N2O4. The van der Waals surface area contributed by atoms with Crippen LogP contribution in [0.15, 0.2) is 42.5 Å². The van der Waals surface area contributed by atoms with Gasteiger partial charge in [-0.3, -0.25) is 0 Å². The molecule has 2 aromatic rings. The molecule has 0 unspecified atom stereocenters. The number of carbonyl (C=O) groups excluding carboxylic acids is 1. The first-order valence-corrected chi connectivity index (χ1v) is 6.21. The maximum atomic E-state index is 11.9. The highest BCUT2D eigenvalue weighted by Gasteiger charge is 2.07. The van der Waals surface area contributed by atoms with Crippen LogP contribution < -0.4 is 20.1 Å². The standard InChI is InChI=1S/C15H16N2O4/c1-20-13-7-6-11(9-14(13)21-2)17-15(19)16-10-4-3-5-12(18)8-10/h3-9,18H,1-2H3,(H2,16,17,19). The van der Waals surface area contributed by atoms with E-state index in [1.54, 1.807) is 37.4 Å². The van der Waals surface area contributed by atoms with Gasteiger partial charge >= 0.3 is 6.03 Å². The van der Waals surface area contributed by atoms with Crippen LogP contribution in [0.3, 0.4) is 0 Å². The van der Waals surface area contributed by atoms with Crippen LogP contribution in [0.2, 0.25) is 0 Å². The number of phenolic OH excluding ortho intramolecular Hbond substituents is 1. The molecule has 3 N–H and O–H groups in total. The summed E-state index contributed by atoms with van der Waals surface area (Å²) in [5, 5.41) is 14.6. The number of amides is 2. The highest BCUT2D eigenvalue weighted by molar-refractivity contribution is 6.00. The molecule has 0 aliphatic heterocycles. The quantitative estimate of drug-likeness (QED) is 0.807. The minimum Gasteiger partial charge on any atom is -0.508 e. The van der Waals surface area contributed by atoms with Crippen LogP contribution in [-0.2, 0) is 0 Å². The lowest BCUT2D eigenvalue weighted by molar-refractivity contribution is 0.262. The van der Waals surface area contributed by atoms with Gasteiger partial charge in [0.25, 0.3) is 0 Å². The summed E-state index contributed by atoms with van der Waals surface area (Å²) in [6.07, 6.45) is 0. The molecule has 0 fully saturated rings. The van der Waals surface area contributed by atoms with Crippen molar-refractivity contribution in [3.8, 4) is 17.2 Å². The lowest BCUT2D eigenvalue weighted by Crippen LogP contribution is -2.19. The van der Waals surface area contributed by atoms with Crippen LogP contribution in [0.5, 0.6) is 17.2 Å². The van der Waals surface area contributed by atoms with E-state index < -0.39 is 6.03 Å². The molecule has 110 valence electrons. The molecule has 21 heavy (non-hydrogen) atoms. The molecule has 0 aliphatic rings. The van der Waals surface area contributed by atoms with Gasteiger partial charge in [-0.1, -0.05) is 6.07 Å². The van der Waals surface area contributed by atoms with E-state index in [0.717, 1.165) is 0 Å². The number of ether oxygens (including phenoxy) is 2. The summed E-state index contributed by atoms with van der Waals surface area (Å²) in [6, 6.07) is 10.9.